The van der Waals surface area contributed by atoms with Crippen molar-refractivity contribution < 1.29 is 0 Å². The summed E-state index contributed by atoms with van der Waals surface area (Å²) >= 11 is 6.70. The first-order chi connectivity index (χ1) is 9.51. The summed E-state index contributed by atoms with van der Waals surface area (Å²) < 4.78 is 0. The Kier molecular flexibility index (Phi) is 9.25. The van der Waals surface area contributed by atoms with E-state index in [0.29, 0.717) is 0 Å². The molecular formula is C19H37Cl. The smallest absolute Gasteiger partial charge is 0.0418 e. The lowest BCUT2D eigenvalue weighted by Crippen LogP contribution is -2.17. The molecule has 0 saturated heterocycles. The SMILES string of the molecule is CC(C)C1CCCCCCCCCCC(C)(Cl)CCC1. The molecule has 0 amide bonds. The number of hydrogen-bond acceptors (Lipinski definition) is 0. The number of halogens is 1. The highest BCUT2D eigenvalue weighted by molar-refractivity contribution is 6.23. The number of rotatable bonds is 1. The maximum Gasteiger partial charge on any atom is 0.0418 e. The fourth-order valence-electron chi connectivity index (χ4n) is 3.63. The van der Waals surface area contributed by atoms with Crippen molar-refractivity contribution in [2.45, 2.75) is 109 Å². The third kappa shape index (κ3) is 8.55. The molecule has 0 aromatic heterocycles. The highest BCUT2D eigenvalue weighted by atomic mass is 35.5. The Morgan fingerprint density at radius 2 is 1.20 bits per heavy atom. The van der Waals surface area contributed by atoms with Crippen molar-refractivity contribution in [2.75, 3.05) is 0 Å². The molecule has 2 unspecified atom stereocenters. The molecule has 0 aliphatic heterocycles. The van der Waals surface area contributed by atoms with Crippen LogP contribution < -0.4 is 0 Å². The maximum absolute atomic E-state index is 6.70. The van der Waals surface area contributed by atoms with Gasteiger partial charge in [-0.3, -0.25) is 0 Å². The predicted octanol–water partition coefficient (Wildman–Crippen LogP) is 7.34. The van der Waals surface area contributed by atoms with Gasteiger partial charge in [0.2, 0.25) is 0 Å². The van der Waals surface area contributed by atoms with Gasteiger partial charge in [0.1, 0.15) is 0 Å². The zero-order chi connectivity index (χ0) is 14.8. The molecule has 0 aromatic rings. The average Bonchev–Trinajstić information content (AvgIpc) is 2.38. The normalized spacial score (nSPS) is 32.5. The lowest BCUT2D eigenvalue weighted by molar-refractivity contribution is 0.307. The summed E-state index contributed by atoms with van der Waals surface area (Å²) in [5.74, 6) is 1.76. The summed E-state index contributed by atoms with van der Waals surface area (Å²) in [6, 6.07) is 0. The van der Waals surface area contributed by atoms with Gasteiger partial charge in [-0.05, 0) is 31.6 Å². The first-order valence-corrected chi connectivity index (χ1v) is 9.58. The first kappa shape index (κ1) is 18.3. The minimum Gasteiger partial charge on any atom is -0.120 e. The van der Waals surface area contributed by atoms with Gasteiger partial charge in [-0.1, -0.05) is 84.5 Å². The predicted molar refractivity (Wildman–Crippen MR) is 92.6 cm³/mol. The molecule has 0 aromatic carbocycles. The van der Waals surface area contributed by atoms with E-state index in [1.54, 1.807) is 0 Å². The van der Waals surface area contributed by atoms with Crippen molar-refractivity contribution in [3.63, 3.8) is 0 Å². The van der Waals surface area contributed by atoms with Gasteiger partial charge in [0, 0.05) is 4.87 Å². The van der Waals surface area contributed by atoms with E-state index < -0.39 is 0 Å². The summed E-state index contributed by atoms with van der Waals surface area (Å²) in [5, 5.41) is 0. The Hall–Kier alpha value is 0.290. The van der Waals surface area contributed by atoms with Crippen molar-refractivity contribution in [3.8, 4) is 0 Å². The Balaban J connectivity index is 2.43. The van der Waals surface area contributed by atoms with E-state index in [1.165, 1.54) is 83.5 Å². The maximum atomic E-state index is 6.70. The zero-order valence-corrected chi connectivity index (χ0v) is 15.0. The van der Waals surface area contributed by atoms with E-state index in [9.17, 15) is 0 Å². The third-order valence-electron chi connectivity index (χ3n) is 5.24. The van der Waals surface area contributed by atoms with Crippen LogP contribution in [0.5, 0.6) is 0 Å². The van der Waals surface area contributed by atoms with Crippen LogP contribution in [-0.4, -0.2) is 4.87 Å². The Bertz CT molecular complexity index is 232. The molecule has 0 heterocycles. The molecule has 0 nitrogen and oxygen atoms in total. The summed E-state index contributed by atoms with van der Waals surface area (Å²) in [6.07, 6.45) is 17.9. The summed E-state index contributed by atoms with van der Waals surface area (Å²) in [5.41, 5.74) is 0. The minimum absolute atomic E-state index is 0.0573. The van der Waals surface area contributed by atoms with Crippen molar-refractivity contribution in [1.29, 1.82) is 0 Å². The van der Waals surface area contributed by atoms with Gasteiger partial charge < -0.3 is 0 Å². The number of hydrogen-bond donors (Lipinski definition) is 0. The first-order valence-electron chi connectivity index (χ1n) is 9.20. The van der Waals surface area contributed by atoms with Crippen LogP contribution in [0.2, 0.25) is 0 Å². The molecule has 0 spiro atoms. The van der Waals surface area contributed by atoms with E-state index in [1.807, 2.05) is 0 Å². The second-order valence-electron chi connectivity index (χ2n) is 7.68. The quantitative estimate of drug-likeness (QED) is 0.444. The average molecular weight is 301 g/mol. The Labute approximate surface area is 133 Å². The standard InChI is InChI=1S/C19H37Cl/c1-17(2)18-13-10-8-6-4-5-7-9-11-15-19(3,20)16-12-14-18/h17-18H,4-16H2,1-3H3. The van der Waals surface area contributed by atoms with Crippen LogP contribution in [0.1, 0.15) is 104 Å². The zero-order valence-electron chi connectivity index (χ0n) is 14.2. The number of alkyl halides is 1. The van der Waals surface area contributed by atoms with Gasteiger partial charge in [-0.25, -0.2) is 0 Å². The van der Waals surface area contributed by atoms with E-state index in [4.69, 9.17) is 11.6 Å². The van der Waals surface area contributed by atoms with Crippen molar-refractivity contribution in [2.24, 2.45) is 11.8 Å². The van der Waals surface area contributed by atoms with Crippen molar-refractivity contribution in [1.82, 2.24) is 0 Å². The summed E-state index contributed by atoms with van der Waals surface area (Å²) in [4.78, 5) is 0.0573. The largest absolute Gasteiger partial charge is 0.120 e. The fourth-order valence-corrected chi connectivity index (χ4v) is 3.90. The van der Waals surface area contributed by atoms with Gasteiger partial charge in [0.25, 0.3) is 0 Å². The van der Waals surface area contributed by atoms with Crippen LogP contribution in [0.25, 0.3) is 0 Å². The molecule has 0 N–H and O–H groups in total. The van der Waals surface area contributed by atoms with Crippen LogP contribution in [0.3, 0.4) is 0 Å². The van der Waals surface area contributed by atoms with Gasteiger partial charge in [-0.15, -0.1) is 11.6 Å². The van der Waals surface area contributed by atoms with E-state index in [-0.39, 0.29) is 4.87 Å². The minimum atomic E-state index is 0.0573. The van der Waals surface area contributed by atoms with Crippen molar-refractivity contribution >= 4 is 11.6 Å². The second-order valence-corrected chi connectivity index (χ2v) is 8.59. The molecule has 2 atom stereocenters. The van der Waals surface area contributed by atoms with Crippen LogP contribution in [0.4, 0.5) is 0 Å². The molecule has 1 heteroatoms. The van der Waals surface area contributed by atoms with Crippen LogP contribution >= 0.6 is 11.6 Å². The van der Waals surface area contributed by atoms with Gasteiger partial charge in [0.15, 0.2) is 0 Å². The topological polar surface area (TPSA) is 0 Å². The monoisotopic (exact) mass is 300 g/mol. The molecule has 1 aliphatic carbocycles. The van der Waals surface area contributed by atoms with Gasteiger partial charge in [-0.2, -0.15) is 0 Å². The van der Waals surface area contributed by atoms with E-state index >= 15 is 0 Å². The molecular weight excluding hydrogens is 264 g/mol. The van der Waals surface area contributed by atoms with Gasteiger partial charge in [0.05, 0.1) is 0 Å². The molecule has 1 aliphatic rings. The summed E-state index contributed by atoms with van der Waals surface area (Å²) in [6.45, 7) is 7.06. The Morgan fingerprint density at radius 3 is 1.80 bits per heavy atom. The lowest BCUT2D eigenvalue weighted by atomic mass is 9.84. The van der Waals surface area contributed by atoms with E-state index in [0.717, 1.165) is 11.8 Å². The molecule has 1 saturated carbocycles. The van der Waals surface area contributed by atoms with Gasteiger partial charge >= 0.3 is 0 Å². The fraction of sp³-hybridized carbons (Fsp3) is 1.00. The lowest BCUT2D eigenvalue weighted by Gasteiger charge is -2.25. The third-order valence-corrected chi connectivity index (χ3v) is 5.62. The molecule has 0 bridgehead atoms. The van der Waals surface area contributed by atoms with Crippen LogP contribution in [-0.2, 0) is 0 Å². The van der Waals surface area contributed by atoms with Crippen molar-refractivity contribution in [3.05, 3.63) is 0 Å². The van der Waals surface area contributed by atoms with Crippen LogP contribution in [0, 0.1) is 11.8 Å². The van der Waals surface area contributed by atoms with Crippen LogP contribution in [0.15, 0.2) is 0 Å². The molecule has 120 valence electrons. The highest BCUT2D eigenvalue weighted by Crippen LogP contribution is 2.32. The highest BCUT2D eigenvalue weighted by Gasteiger charge is 2.21. The Morgan fingerprint density at radius 1 is 0.750 bits per heavy atom. The summed E-state index contributed by atoms with van der Waals surface area (Å²) in [7, 11) is 0. The molecule has 20 heavy (non-hydrogen) atoms. The second kappa shape index (κ2) is 10.1. The molecule has 1 fully saturated rings. The molecule has 1 rings (SSSR count). The van der Waals surface area contributed by atoms with E-state index in [2.05, 4.69) is 20.8 Å². The molecule has 0 radical (unpaired) electrons.